The van der Waals surface area contributed by atoms with Crippen LogP contribution in [-0.4, -0.2) is 17.9 Å². The molecule has 0 aliphatic carbocycles. The Bertz CT molecular complexity index is 776. The van der Waals surface area contributed by atoms with E-state index in [0.717, 1.165) is 22.2 Å². The summed E-state index contributed by atoms with van der Waals surface area (Å²) in [5.41, 5.74) is 3.41. The van der Waals surface area contributed by atoms with Gasteiger partial charge in [0, 0.05) is 23.8 Å². The first-order valence-corrected chi connectivity index (χ1v) is 6.89. The molecule has 0 atom stereocenters. The number of fused-ring (bicyclic) bond motifs is 1. The normalized spacial score (nSPS) is 10.7. The minimum atomic E-state index is -0.105. The number of hydrogen-bond donors (Lipinski definition) is 3. The summed E-state index contributed by atoms with van der Waals surface area (Å²) in [7, 11) is 1.89. The lowest BCUT2D eigenvalue weighted by Crippen LogP contribution is -2.15. The van der Waals surface area contributed by atoms with Crippen LogP contribution in [-0.2, 0) is 6.54 Å². The monoisotopic (exact) mass is 279 g/mol. The maximum atomic E-state index is 12.5. The number of para-hydroxylation sites is 2. The highest BCUT2D eigenvalue weighted by molar-refractivity contribution is 6.12. The number of H-pyrrole nitrogens is 1. The van der Waals surface area contributed by atoms with Gasteiger partial charge in [-0.05, 0) is 30.8 Å². The van der Waals surface area contributed by atoms with Gasteiger partial charge in [0.2, 0.25) is 0 Å². The molecule has 3 N–H and O–H groups in total. The fourth-order valence-electron chi connectivity index (χ4n) is 2.45. The molecule has 1 heterocycles. The number of carbonyl (C=O) groups is 1. The highest BCUT2D eigenvalue weighted by Crippen LogP contribution is 2.20. The lowest BCUT2D eigenvalue weighted by molar-refractivity contribution is 0.102. The molecule has 21 heavy (non-hydrogen) atoms. The van der Waals surface area contributed by atoms with E-state index in [4.69, 9.17) is 0 Å². The fraction of sp³-hybridized carbons (Fsp3) is 0.118. The van der Waals surface area contributed by atoms with Gasteiger partial charge in [0.15, 0.2) is 0 Å². The molecule has 0 aliphatic heterocycles. The Labute approximate surface area is 123 Å². The van der Waals surface area contributed by atoms with Crippen LogP contribution in [0.15, 0.2) is 54.7 Å². The van der Waals surface area contributed by atoms with Gasteiger partial charge in [-0.3, -0.25) is 4.79 Å². The summed E-state index contributed by atoms with van der Waals surface area (Å²) in [6, 6.07) is 15.5. The number of carbonyl (C=O) groups excluding carboxylic acids is 1. The quantitative estimate of drug-likeness (QED) is 0.687. The maximum absolute atomic E-state index is 12.5. The summed E-state index contributed by atoms with van der Waals surface area (Å²) in [4.78, 5) is 15.7. The van der Waals surface area contributed by atoms with Crippen LogP contribution >= 0.6 is 0 Å². The van der Waals surface area contributed by atoms with E-state index in [-0.39, 0.29) is 5.91 Å². The SMILES string of the molecule is CNCc1ccccc1NC(=O)c1cccc2cc[nH]c12. The number of anilines is 1. The number of aromatic nitrogens is 1. The molecular weight excluding hydrogens is 262 g/mol. The molecule has 0 aliphatic rings. The molecule has 0 bridgehead atoms. The van der Waals surface area contributed by atoms with Crippen molar-refractivity contribution in [1.82, 2.24) is 10.3 Å². The molecule has 3 rings (SSSR count). The van der Waals surface area contributed by atoms with E-state index in [1.807, 2.05) is 61.8 Å². The number of rotatable bonds is 4. The number of aromatic amines is 1. The molecule has 0 unspecified atom stereocenters. The van der Waals surface area contributed by atoms with Crippen LogP contribution in [0.25, 0.3) is 10.9 Å². The Morgan fingerprint density at radius 1 is 1.10 bits per heavy atom. The predicted octanol–water partition coefficient (Wildman–Crippen LogP) is 3.14. The smallest absolute Gasteiger partial charge is 0.257 e. The van der Waals surface area contributed by atoms with Gasteiger partial charge < -0.3 is 15.6 Å². The van der Waals surface area contributed by atoms with Gasteiger partial charge in [0.05, 0.1) is 11.1 Å². The Balaban J connectivity index is 1.92. The standard InChI is InChI=1S/C17H17N3O/c1-18-11-13-5-2-3-8-15(13)20-17(21)14-7-4-6-12-9-10-19-16(12)14/h2-10,18-19H,11H2,1H3,(H,20,21). The topological polar surface area (TPSA) is 56.9 Å². The number of hydrogen-bond acceptors (Lipinski definition) is 2. The fourth-order valence-corrected chi connectivity index (χ4v) is 2.45. The van der Waals surface area contributed by atoms with Crippen molar-refractivity contribution in [3.05, 3.63) is 65.9 Å². The largest absolute Gasteiger partial charge is 0.361 e. The third-order valence-corrected chi connectivity index (χ3v) is 3.46. The summed E-state index contributed by atoms with van der Waals surface area (Å²) in [5.74, 6) is -0.105. The second-order valence-corrected chi connectivity index (χ2v) is 4.89. The lowest BCUT2D eigenvalue weighted by Gasteiger charge is -2.11. The summed E-state index contributed by atoms with van der Waals surface area (Å²) in [6.45, 7) is 0.711. The van der Waals surface area contributed by atoms with Gasteiger partial charge in [-0.1, -0.05) is 30.3 Å². The van der Waals surface area contributed by atoms with Crippen molar-refractivity contribution in [1.29, 1.82) is 0 Å². The van der Waals surface area contributed by atoms with Gasteiger partial charge in [0.1, 0.15) is 0 Å². The minimum absolute atomic E-state index is 0.105. The van der Waals surface area contributed by atoms with Crippen molar-refractivity contribution in [2.45, 2.75) is 6.54 Å². The average Bonchev–Trinajstić information content (AvgIpc) is 2.97. The van der Waals surface area contributed by atoms with E-state index in [9.17, 15) is 4.79 Å². The van der Waals surface area contributed by atoms with Crippen molar-refractivity contribution in [2.24, 2.45) is 0 Å². The van der Waals surface area contributed by atoms with Gasteiger partial charge in [0.25, 0.3) is 5.91 Å². The molecule has 2 aromatic carbocycles. The first-order valence-electron chi connectivity index (χ1n) is 6.89. The zero-order chi connectivity index (χ0) is 14.7. The summed E-state index contributed by atoms with van der Waals surface area (Å²) in [6.07, 6.45) is 1.84. The van der Waals surface area contributed by atoms with Crippen LogP contribution in [0.1, 0.15) is 15.9 Å². The zero-order valence-electron chi connectivity index (χ0n) is 11.8. The molecule has 3 aromatic rings. The van der Waals surface area contributed by atoms with Crippen molar-refractivity contribution < 1.29 is 4.79 Å². The lowest BCUT2D eigenvalue weighted by atomic mass is 10.1. The van der Waals surface area contributed by atoms with E-state index in [1.165, 1.54) is 0 Å². The van der Waals surface area contributed by atoms with E-state index in [0.29, 0.717) is 12.1 Å². The molecule has 106 valence electrons. The number of amides is 1. The molecule has 0 saturated heterocycles. The van der Waals surface area contributed by atoms with Crippen LogP contribution in [0.3, 0.4) is 0 Å². The van der Waals surface area contributed by atoms with Crippen LogP contribution in [0, 0.1) is 0 Å². The summed E-state index contributed by atoms with van der Waals surface area (Å²) in [5, 5.41) is 7.13. The van der Waals surface area contributed by atoms with Crippen molar-refractivity contribution in [2.75, 3.05) is 12.4 Å². The van der Waals surface area contributed by atoms with Gasteiger partial charge >= 0.3 is 0 Å². The van der Waals surface area contributed by atoms with E-state index >= 15 is 0 Å². The second kappa shape index (κ2) is 5.81. The molecule has 0 spiro atoms. The first kappa shape index (κ1) is 13.4. The van der Waals surface area contributed by atoms with Crippen LogP contribution in [0.4, 0.5) is 5.69 Å². The Morgan fingerprint density at radius 2 is 1.95 bits per heavy atom. The minimum Gasteiger partial charge on any atom is -0.361 e. The molecule has 4 nitrogen and oxygen atoms in total. The Morgan fingerprint density at radius 3 is 2.81 bits per heavy atom. The second-order valence-electron chi connectivity index (χ2n) is 4.89. The van der Waals surface area contributed by atoms with Gasteiger partial charge in [-0.25, -0.2) is 0 Å². The molecule has 1 aromatic heterocycles. The van der Waals surface area contributed by atoms with Crippen molar-refractivity contribution in [3.8, 4) is 0 Å². The highest BCUT2D eigenvalue weighted by atomic mass is 16.1. The number of nitrogens with one attached hydrogen (secondary N) is 3. The predicted molar refractivity (Wildman–Crippen MR) is 85.5 cm³/mol. The molecule has 0 radical (unpaired) electrons. The van der Waals surface area contributed by atoms with E-state index in [2.05, 4.69) is 15.6 Å². The van der Waals surface area contributed by atoms with Gasteiger partial charge in [-0.2, -0.15) is 0 Å². The zero-order valence-corrected chi connectivity index (χ0v) is 11.8. The van der Waals surface area contributed by atoms with E-state index in [1.54, 1.807) is 0 Å². The maximum Gasteiger partial charge on any atom is 0.257 e. The Kier molecular flexibility index (Phi) is 3.71. The highest BCUT2D eigenvalue weighted by Gasteiger charge is 2.12. The van der Waals surface area contributed by atoms with Crippen LogP contribution in [0.5, 0.6) is 0 Å². The molecule has 0 saturated carbocycles. The van der Waals surface area contributed by atoms with Crippen molar-refractivity contribution >= 4 is 22.5 Å². The van der Waals surface area contributed by atoms with E-state index < -0.39 is 0 Å². The summed E-state index contributed by atoms with van der Waals surface area (Å²) < 4.78 is 0. The average molecular weight is 279 g/mol. The molecular formula is C17H17N3O. The van der Waals surface area contributed by atoms with Crippen molar-refractivity contribution in [3.63, 3.8) is 0 Å². The molecule has 4 heteroatoms. The summed E-state index contributed by atoms with van der Waals surface area (Å²) >= 11 is 0. The molecule has 1 amide bonds. The third-order valence-electron chi connectivity index (χ3n) is 3.46. The first-order chi connectivity index (χ1) is 10.3. The van der Waals surface area contributed by atoms with Gasteiger partial charge in [-0.15, -0.1) is 0 Å². The van der Waals surface area contributed by atoms with Crippen LogP contribution in [0.2, 0.25) is 0 Å². The molecule has 0 fully saturated rings. The third kappa shape index (κ3) is 2.66. The van der Waals surface area contributed by atoms with Crippen LogP contribution < -0.4 is 10.6 Å². The number of benzene rings is 2. The Hall–Kier alpha value is -2.59.